The molecule has 0 aliphatic carbocycles. The predicted molar refractivity (Wildman–Crippen MR) is 112 cm³/mol. The van der Waals surface area contributed by atoms with E-state index in [9.17, 15) is 14.9 Å². The van der Waals surface area contributed by atoms with Crippen molar-refractivity contribution in [3.63, 3.8) is 0 Å². The monoisotopic (exact) mass is 398 g/mol. The van der Waals surface area contributed by atoms with Crippen LogP contribution in [0.5, 0.6) is 5.75 Å². The molecule has 1 aliphatic rings. The predicted octanol–water partition coefficient (Wildman–Crippen LogP) is 3.51. The number of nitro benzene ring substituents is 1. The fourth-order valence-corrected chi connectivity index (χ4v) is 3.49. The van der Waals surface area contributed by atoms with Gasteiger partial charge in [0.25, 0.3) is 5.69 Å². The van der Waals surface area contributed by atoms with Crippen LogP contribution in [0.1, 0.15) is 19.8 Å². The number of ether oxygens (including phenoxy) is 1. The number of nitrogens with one attached hydrogen (secondary N) is 2. The highest BCUT2D eigenvalue weighted by atomic mass is 16.6. The lowest BCUT2D eigenvalue weighted by molar-refractivity contribution is -0.384. The number of para-hydroxylation sites is 2. The molecular formula is C21H26N4O4. The maximum Gasteiger partial charge on any atom is 0.269 e. The minimum absolute atomic E-state index is 0.000617. The summed E-state index contributed by atoms with van der Waals surface area (Å²) in [6.07, 6.45) is 1.85. The summed E-state index contributed by atoms with van der Waals surface area (Å²) in [6.45, 7) is 3.50. The Balaban J connectivity index is 1.50. The minimum atomic E-state index is -0.461. The van der Waals surface area contributed by atoms with Gasteiger partial charge < -0.3 is 15.4 Å². The number of piperidine rings is 1. The second kappa shape index (κ2) is 9.38. The van der Waals surface area contributed by atoms with Crippen molar-refractivity contribution in [2.45, 2.75) is 31.8 Å². The fourth-order valence-electron chi connectivity index (χ4n) is 3.49. The third kappa shape index (κ3) is 5.23. The van der Waals surface area contributed by atoms with E-state index in [2.05, 4.69) is 15.5 Å². The van der Waals surface area contributed by atoms with Gasteiger partial charge in [0.05, 0.1) is 23.8 Å². The van der Waals surface area contributed by atoms with Crippen LogP contribution in [0.2, 0.25) is 0 Å². The molecule has 1 atom stereocenters. The lowest BCUT2D eigenvalue weighted by Crippen LogP contribution is -2.48. The maximum atomic E-state index is 12.6. The number of hydrogen-bond donors (Lipinski definition) is 2. The second-order valence-corrected chi connectivity index (χ2v) is 7.12. The second-order valence-electron chi connectivity index (χ2n) is 7.12. The molecule has 29 heavy (non-hydrogen) atoms. The van der Waals surface area contributed by atoms with Crippen LogP contribution in [-0.4, -0.2) is 48.0 Å². The van der Waals surface area contributed by atoms with Crippen LogP contribution < -0.4 is 15.4 Å². The molecule has 3 rings (SSSR count). The molecular weight excluding hydrogens is 372 g/mol. The number of anilines is 2. The summed E-state index contributed by atoms with van der Waals surface area (Å²) in [5, 5.41) is 17.1. The van der Waals surface area contributed by atoms with Crippen molar-refractivity contribution in [1.29, 1.82) is 0 Å². The highest BCUT2D eigenvalue weighted by Crippen LogP contribution is 2.26. The molecule has 2 aromatic carbocycles. The molecule has 8 nitrogen and oxygen atoms in total. The van der Waals surface area contributed by atoms with Gasteiger partial charge in [-0.1, -0.05) is 12.1 Å². The van der Waals surface area contributed by atoms with Gasteiger partial charge in [0.2, 0.25) is 5.91 Å². The first-order chi connectivity index (χ1) is 14.0. The number of nitro groups is 1. The third-order valence-electron chi connectivity index (χ3n) is 5.27. The average Bonchev–Trinajstić information content (AvgIpc) is 2.74. The smallest absolute Gasteiger partial charge is 0.269 e. The first-order valence-corrected chi connectivity index (χ1v) is 9.67. The van der Waals surface area contributed by atoms with Crippen LogP contribution in [0, 0.1) is 10.1 Å². The van der Waals surface area contributed by atoms with Gasteiger partial charge in [-0.15, -0.1) is 0 Å². The van der Waals surface area contributed by atoms with Gasteiger partial charge in [-0.3, -0.25) is 19.8 Å². The summed E-state index contributed by atoms with van der Waals surface area (Å²) >= 11 is 0. The van der Waals surface area contributed by atoms with Crippen molar-refractivity contribution in [1.82, 2.24) is 4.90 Å². The van der Waals surface area contributed by atoms with E-state index in [4.69, 9.17) is 4.74 Å². The Morgan fingerprint density at radius 3 is 2.45 bits per heavy atom. The number of carbonyl (C=O) groups excluding carboxylic acids is 1. The SMILES string of the molecule is COc1ccccc1NC1CCN([C@@H](C)C(=O)Nc2ccc([N+](=O)[O-])cc2)CC1. The molecule has 2 N–H and O–H groups in total. The molecule has 2 aromatic rings. The van der Waals surface area contributed by atoms with Crippen molar-refractivity contribution in [3.8, 4) is 5.75 Å². The van der Waals surface area contributed by atoms with Gasteiger partial charge in [-0.05, 0) is 44.0 Å². The number of amides is 1. The number of rotatable bonds is 7. The molecule has 0 aromatic heterocycles. The van der Waals surface area contributed by atoms with Crippen LogP contribution in [0.25, 0.3) is 0 Å². The lowest BCUT2D eigenvalue weighted by atomic mass is 10.0. The fraction of sp³-hybridized carbons (Fsp3) is 0.381. The van der Waals surface area contributed by atoms with Crippen LogP contribution in [-0.2, 0) is 4.79 Å². The highest BCUT2D eigenvalue weighted by Gasteiger charge is 2.27. The molecule has 1 heterocycles. The normalized spacial score (nSPS) is 16.1. The number of nitrogens with zero attached hydrogens (tertiary/aromatic N) is 2. The number of methoxy groups -OCH3 is 1. The van der Waals surface area contributed by atoms with Crippen molar-refractivity contribution in [3.05, 3.63) is 58.6 Å². The van der Waals surface area contributed by atoms with E-state index in [0.29, 0.717) is 11.7 Å². The zero-order chi connectivity index (χ0) is 20.8. The molecule has 1 fully saturated rings. The van der Waals surface area contributed by atoms with E-state index >= 15 is 0 Å². The molecule has 1 aliphatic heterocycles. The molecule has 0 spiro atoms. The van der Waals surface area contributed by atoms with Gasteiger partial charge in [-0.25, -0.2) is 0 Å². The Kier molecular flexibility index (Phi) is 6.66. The highest BCUT2D eigenvalue weighted by molar-refractivity contribution is 5.94. The Hall–Kier alpha value is -3.13. The zero-order valence-corrected chi connectivity index (χ0v) is 16.6. The summed E-state index contributed by atoms with van der Waals surface area (Å²) in [5.41, 5.74) is 1.54. The topological polar surface area (TPSA) is 96.7 Å². The number of carbonyl (C=O) groups is 1. The molecule has 154 valence electrons. The maximum absolute atomic E-state index is 12.6. The Morgan fingerprint density at radius 1 is 1.17 bits per heavy atom. The summed E-state index contributed by atoms with van der Waals surface area (Å²) in [7, 11) is 1.66. The van der Waals surface area contributed by atoms with Crippen LogP contribution in [0.4, 0.5) is 17.1 Å². The van der Waals surface area contributed by atoms with E-state index in [1.807, 2.05) is 31.2 Å². The van der Waals surface area contributed by atoms with Crippen molar-refractivity contribution < 1.29 is 14.5 Å². The van der Waals surface area contributed by atoms with Gasteiger partial charge in [-0.2, -0.15) is 0 Å². The number of benzene rings is 2. The average molecular weight is 398 g/mol. The van der Waals surface area contributed by atoms with Gasteiger partial charge in [0.15, 0.2) is 0 Å². The van der Waals surface area contributed by atoms with Crippen molar-refractivity contribution in [2.75, 3.05) is 30.8 Å². The number of hydrogen-bond acceptors (Lipinski definition) is 6. The van der Waals surface area contributed by atoms with Crippen molar-refractivity contribution >= 4 is 23.0 Å². The molecule has 0 saturated carbocycles. The van der Waals surface area contributed by atoms with Gasteiger partial charge >= 0.3 is 0 Å². The Morgan fingerprint density at radius 2 is 1.83 bits per heavy atom. The standard InChI is InChI=1S/C21H26N4O4/c1-15(21(26)23-16-7-9-18(10-8-16)25(27)28)24-13-11-17(12-14-24)22-19-5-3-4-6-20(19)29-2/h3-10,15,17,22H,11-14H2,1-2H3,(H,23,26)/t15-/m0/s1. The summed E-state index contributed by atoms with van der Waals surface area (Å²) in [6, 6.07) is 13.8. The van der Waals surface area contributed by atoms with Gasteiger partial charge in [0.1, 0.15) is 5.75 Å². The molecule has 1 saturated heterocycles. The quantitative estimate of drug-likeness (QED) is 0.547. The molecule has 8 heteroatoms. The zero-order valence-electron chi connectivity index (χ0n) is 16.6. The summed E-state index contributed by atoms with van der Waals surface area (Å²) < 4.78 is 5.39. The van der Waals surface area contributed by atoms with E-state index in [0.717, 1.165) is 37.4 Å². The molecule has 0 radical (unpaired) electrons. The third-order valence-corrected chi connectivity index (χ3v) is 5.27. The first kappa shape index (κ1) is 20.6. The molecule has 1 amide bonds. The van der Waals surface area contributed by atoms with E-state index in [1.54, 1.807) is 19.2 Å². The Bertz CT molecular complexity index is 848. The summed E-state index contributed by atoms with van der Waals surface area (Å²) in [5.74, 6) is 0.709. The number of non-ortho nitro benzene ring substituents is 1. The first-order valence-electron chi connectivity index (χ1n) is 9.67. The Labute approximate surface area is 170 Å². The minimum Gasteiger partial charge on any atom is -0.495 e. The molecule has 0 bridgehead atoms. The molecule has 0 unspecified atom stereocenters. The van der Waals surface area contributed by atoms with Crippen molar-refractivity contribution in [2.24, 2.45) is 0 Å². The van der Waals surface area contributed by atoms with E-state index in [1.165, 1.54) is 12.1 Å². The van der Waals surface area contributed by atoms with Crippen LogP contribution in [0.3, 0.4) is 0 Å². The largest absolute Gasteiger partial charge is 0.495 e. The van der Waals surface area contributed by atoms with Crippen LogP contribution >= 0.6 is 0 Å². The van der Waals surface area contributed by atoms with Gasteiger partial charge in [0, 0.05) is 37.0 Å². The van der Waals surface area contributed by atoms with Crippen LogP contribution in [0.15, 0.2) is 48.5 Å². The van der Waals surface area contributed by atoms with E-state index < -0.39 is 4.92 Å². The van der Waals surface area contributed by atoms with E-state index in [-0.39, 0.29) is 17.6 Å². The summed E-state index contributed by atoms with van der Waals surface area (Å²) in [4.78, 5) is 25.0. The number of likely N-dealkylation sites (tertiary alicyclic amines) is 1. The lowest BCUT2D eigenvalue weighted by Gasteiger charge is -2.36.